The highest BCUT2D eigenvalue weighted by Crippen LogP contribution is 2.14. The van der Waals surface area contributed by atoms with Crippen LogP contribution in [0.2, 0.25) is 0 Å². The number of unbranched alkanes of at least 4 members (excludes halogenated alkanes) is 7. The second-order valence-corrected chi connectivity index (χ2v) is 7.46. The predicted octanol–water partition coefficient (Wildman–Crippen LogP) is 3.69. The highest BCUT2D eigenvalue weighted by Gasteiger charge is 2.19. The van der Waals surface area contributed by atoms with Crippen molar-refractivity contribution in [3.05, 3.63) is 0 Å². The van der Waals surface area contributed by atoms with Gasteiger partial charge in [-0.2, -0.15) is 0 Å². The molecular formula is C19H41N3. The van der Waals surface area contributed by atoms with E-state index in [4.69, 9.17) is 0 Å². The normalized spacial score (nSPS) is 23.2. The summed E-state index contributed by atoms with van der Waals surface area (Å²) in [6.45, 7) is 8.36. The molecule has 0 aromatic rings. The molecule has 1 aliphatic heterocycles. The maximum atomic E-state index is 2.60. The second kappa shape index (κ2) is 12.3. The van der Waals surface area contributed by atoms with E-state index < -0.39 is 0 Å². The third-order valence-electron chi connectivity index (χ3n) is 5.23. The molecule has 0 aliphatic carbocycles. The van der Waals surface area contributed by atoms with Crippen molar-refractivity contribution in [2.45, 2.75) is 70.8 Å². The quantitative estimate of drug-likeness (QED) is 0.601. The van der Waals surface area contributed by atoms with Crippen LogP contribution in [-0.2, 0) is 0 Å². The molecule has 0 aromatic heterocycles. The molecule has 1 aliphatic rings. The first kappa shape index (κ1) is 19.9. The van der Waals surface area contributed by atoms with Crippen molar-refractivity contribution >= 4 is 0 Å². The molecule has 0 bridgehead atoms. The van der Waals surface area contributed by atoms with E-state index in [0.29, 0.717) is 0 Å². The van der Waals surface area contributed by atoms with Gasteiger partial charge in [0.1, 0.15) is 0 Å². The Morgan fingerprint density at radius 1 is 0.682 bits per heavy atom. The van der Waals surface area contributed by atoms with Crippen molar-refractivity contribution in [3.63, 3.8) is 0 Å². The van der Waals surface area contributed by atoms with Gasteiger partial charge in [-0.25, -0.2) is 0 Å². The van der Waals surface area contributed by atoms with Crippen LogP contribution in [0.15, 0.2) is 0 Å². The van der Waals surface area contributed by atoms with Gasteiger partial charge < -0.3 is 14.7 Å². The number of nitrogens with zero attached hydrogens (tertiary/aromatic N) is 3. The van der Waals surface area contributed by atoms with Crippen LogP contribution in [0.5, 0.6) is 0 Å². The second-order valence-electron chi connectivity index (χ2n) is 7.46. The number of likely N-dealkylation sites (N-methyl/N-ethyl adjacent to an activating group) is 3. The summed E-state index contributed by atoms with van der Waals surface area (Å²) in [5.74, 6) is 0. The summed E-state index contributed by atoms with van der Waals surface area (Å²) in [5, 5.41) is 0. The van der Waals surface area contributed by atoms with Crippen LogP contribution in [0.3, 0.4) is 0 Å². The molecule has 3 nitrogen and oxygen atoms in total. The van der Waals surface area contributed by atoms with Gasteiger partial charge in [0, 0.05) is 38.8 Å². The fraction of sp³-hybridized carbons (Fsp3) is 1.00. The Morgan fingerprint density at radius 2 is 1.23 bits per heavy atom. The van der Waals surface area contributed by atoms with E-state index in [2.05, 4.69) is 42.8 Å². The van der Waals surface area contributed by atoms with Crippen molar-refractivity contribution in [2.75, 3.05) is 53.9 Å². The van der Waals surface area contributed by atoms with E-state index in [1.54, 1.807) is 0 Å². The maximum absolute atomic E-state index is 2.60. The van der Waals surface area contributed by atoms with Gasteiger partial charge in [-0.1, -0.05) is 58.3 Å². The minimum atomic E-state index is 0.747. The molecule has 1 saturated heterocycles. The van der Waals surface area contributed by atoms with Crippen LogP contribution in [0.25, 0.3) is 0 Å². The van der Waals surface area contributed by atoms with Gasteiger partial charge in [-0.15, -0.1) is 0 Å². The Labute approximate surface area is 140 Å². The molecule has 132 valence electrons. The van der Waals surface area contributed by atoms with Gasteiger partial charge in [0.2, 0.25) is 0 Å². The van der Waals surface area contributed by atoms with Crippen LogP contribution in [-0.4, -0.2) is 74.6 Å². The molecule has 1 fully saturated rings. The topological polar surface area (TPSA) is 9.72 Å². The summed E-state index contributed by atoms with van der Waals surface area (Å²) in [6.07, 6.45) is 12.8. The molecule has 1 heterocycles. The lowest BCUT2D eigenvalue weighted by atomic mass is 10.0. The van der Waals surface area contributed by atoms with Crippen molar-refractivity contribution in [2.24, 2.45) is 0 Å². The molecule has 3 heteroatoms. The summed E-state index contributed by atoms with van der Waals surface area (Å²) in [6, 6.07) is 0.747. The Kier molecular flexibility index (Phi) is 11.2. The molecule has 0 radical (unpaired) electrons. The average molecular weight is 312 g/mol. The van der Waals surface area contributed by atoms with Gasteiger partial charge >= 0.3 is 0 Å². The lowest BCUT2D eigenvalue weighted by Crippen LogP contribution is -2.41. The Morgan fingerprint density at radius 3 is 1.91 bits per heavy atom. The predicted molar refractivity (Wildman–Crippen MR) is 98.6 cm³/mol. The first-order valence-corrected chi connectivity index (χ1v) is 9.70. The standard InChI is InChI=1S/C19H41N3/c1-5-6-7-8-9-10-11-12-13-19-18-21(3)15-14-20(2)16-17-22(19)4/h19H,5-18H2,1-4H3. The molecule has 0 amide bonds. The van der Waals surface area contributed by atoms with Crippen LogP contribution in [0, 0.1) is 0 Å². The Bertz CT molecular complexity index is 257. The van der Waals surface area contributed by atoms with Crippen molar-refractivity contribution < 1.29 is 0 Å². The van der Waals surface area contributed by atoms with Crippen LogP contribution < -0.4 is 0 Å². The third kappa shape index (κ3) is 9.12. The number of hydrogen-bond acceptors (Lipinski definition) is 3. The van der Waals surface area contributed by atoms with E-state index in [1.165, 1.54) is 90.5 Å². The van der Waals surface area contributed by atoms with Crippen LogP contribution >= 0.6 is 0 Å². The first-order valence-electron chi connectivity index (χ1n) is 9.70. The summed E-state index contributed by atoms with van der Waals surface area (Å²) in [4.78, 5) is 7.58. The van der Waals surface area contributed by atoms with Crippen molar-refractivity contribution in [1.82, 2.24) is 14.7 Å². The molecule has 1 rings (SSSR count). The van der Waals surface area contributed by atoms with E-state index in [9.17, 15) is 0 Å². The summed E-state index contributed by atoms with van der Waals surface area (Å²) in [5.41, 5.74) is 0. The summed E-state index contributed by atoms with van der Waals surface area (Å²) < 4.78 is 0. The van der Waals surface area contributed by atoms with Crippen LogP contribution in [0.1, 0.15) is 64.7 Å². The minimum absolute atomic E-state index is 0.747. The highest BCUT2D eigenvalue weighted by molar-refractivity contribution is 4.76. The zero-order valence-electron chi connectivity index (χ0n) is 15.8. The smallest absolute Gasteiger partial charge is 0.0220 e. The molecule has 0 N–H and O–H groups in total. The van der Waals surface area contributed by atoms with E-state index in [-0.39, 0.29) is 0 Å². The number of hydrogen-bond donors (Lipinski definition) is 0. The molecule has 1 atom stereocenters. The minimum Gasteiger partial charge on any atom is -0.304 e. The first-order chi connectivity index (χ1) is 10.6. The third-order valence-corrected chi connectivity index (χ3v) is 5.23. The summed E-state index contributed by atoms with van der Waals surface area (Å²) >= 11 is 0. The zero-order chi connectivity index (χ0) is 16.2. The summed E-state index contributed by atoms with van der Waals surface area (Å²) in [7, 11) is 6.86. The van der Waals surface area contributed by atoms with Gasteiger partial charge in [0.15, 0.2) is 0 Å². The number of rotatable bonds is 9. The fourth-order valence-corrected chi connectivity index (χ4v) is 3.38. The SMILES string of the molecule is CCCCCCCCCCC1CN(C)CCN(C)CCN1C. The van der Waals surface area contributed by atoms with Crippen LogP contribution in [0.4, 0.5) is 0 Å². The zero-order valence-corrected chi connectivity index (χ0v) is 15.8. The maximum Gasteiger partial charge on any atom is 0.0220 e. The van der Waals surface area contributed by atoms with E-state index in [0.717, 1.165) is 6.04 Å². The van der Waals surface area contributed by atoms with E-state index in [1.807, 2.05) is 0 Å². The highest BCUT2D eigenvalue weighted by atomic mass is 15.2. The monoisotopic (exact) mass is 311 g/mol. The Balaban J connectivity index is 2.18. The molecule has 0 spiro atoms. The van der Waals surface area contributed by atoms with Gasteiger partial charge in [-0.05, 0) is 27.6 Å². The lowest BCUT2D eigenvalue weighted by Gasteiger charge is -2.30. The molecular weight excluding hydrogens is 270 g/mol. The van der Waals surface area contributed by atoms with Crippen molar-refractivity contribution in [3.8, 4) is 0 Å². The van der Waals surface area contributed by atoms with Gasteiger partial charge in [-0.3, -0.25) is 0 Å². The van der Waals surface area contributed by atoms with Gasteiger partial charge in [0.05, 0.1) is 0 Å². The lowest BCUT2D eigenvalue weighted by molar-refractivity contribution is 0.180. The average Bonchev–Trinajstić information content (AvgIpc) is 2.56. The molecule has 1 unspecified atom stereocenters. The molecule has 0 aromatic carbocycles. The Hall–Kier alpha value is -0.120. The van der Waals surface area contributed by atoms with E-state index >= 15 is 0 Å². The largest absolute Gasteiger partial charge is 0.304 e. The fourth-order valence-electron chi connectivity index (χ4n) is 3.38. The van der Waals surface area contributed by atoms with Crippen molar-refractivity contribution in [1.29, 1.82) is 0 Å². The molecule has 22 heavy (non-hydrogen) atoms. The molecule has 0 saturated carbocycles. The van der Waals surface area contributed by atoms with Gasteiger partial charge in [0.25, 0.3) is 0 Å².